The van der Waals surface area contributed by atoms with Crippen LogP contribution in [0.5, 0.6) is 0 Å². The molecule has 2 rings (SSSR count). The molecule has 0 radical (unpaired) electrons. The topological polar surface area (TPSA) is 53.6 Å². The molecule has 1 unspecified atom stereocenters. The smallest absolute Gasteiger partial charge is 0.238 e. The molecule has 1 amide bonds. The van der Waals surface area contributed by atoms with Gasteiger partial charge >= 0.3 is 0 Å². The Labute approximate surface area is 133 Å². The van der Waals surface area contributed by atoms with E-state index in [1.165, 1.54) is 0 Å². The number of ether oxygens (including phenoxy) is 1. The molecule has 1 saturated heterocycles. The van der Waals surface area contributed by atoms with Crippen LogP contribution in [-0.4, -0.2) is 56.7 Å². The molecule has 1 aromatic rings. The maximum absolute atomic E-state index is 12.1. The third kappa shape index (κ3) is 4.69. The maximum atomic E-state index is 12.1. The van der Waals surface area contributed by atoms with Crippen molar-refractivity contribution in [2.24, 2.45) is 0 Å². The summed E-state index contributed by atoms with van der Waals surface area (Å²) in [4.78, 5) is 14.2. The first kappa shape index (κ1) is 15.7. The van der Waals surface area contributed by atoms with Crippen molar-refractivity contribution >= 4 is 34.2 Å². The molecule has 1 heterocycles. The summed E-state index contributed by atoms with van der Waals surface area (Å²) in [5, 5.41) is 6.07. The van der Waals surface area contributed by atoms with Gasteiger partial charge in [-0.2, -0.15) is 0 Å². The number of likely N-dealkylation sites (N-methyl/N-ethyl adjacent to an activating group) is 1. The number of carbonyl (C=O) groups excluding carboxylic acids is 1. The number of morpholine rings is 1. The third-order valence-corrected chi connectivity index (χ3v) is 4.11. The van der Waals surface area contributed by atoms with Crippen molar-refractivity contribution in [1.82, 2.24) is 10.2 Å². The summed E-state index contributed by atoms with van der Waals surface area (Å²) in [6.07, 6.45) is 0.165. The first-order chi connectivity index (χ1) is 9.69. The molecule has 1 aliphatic heterocycles. The van der Waals surface area contributed by atoms with Crippen LogP contribution in [0.15, 0.2) is 24.3 Å². The highest BCUT2D eigenvalue weighted by Gasteiger charge is 2.21. The fraction of sp³-hybridized carbons (Fsp3) is 0.500. The monoisotopic (exact) mass is 389 g/mol. The van der Waals surface area contributed by atoms with E-state index in [-0.39, 0.29) is 12.0 Å². The Kier molecular flexibility index (Phi) is 6.21. The van der Waals surface area contributed by atoms with Crippen molar-refractivity contribution in [1.29, 1.82) is 0 Å². The molecular formula is C14H20IN3O2. The van der Waals surface area contributed by atoms with Crippen molar-refractivity contribution in [3.8, 4) is 0 Å². The highest BCUT2D eigenvalue weighted by atomic mass is 127. The lowest BCUT2D eigenvalue weighted by atomic mass is 10.2. The Balaban J connectivity index is 1.84. The van der Waals surface area contributed by atoms with Crippen molar-refractivity contribution in [2.75, 3.05) is 45.2 Å². The normalized spacial score (nSPS) is 19.8. The van der Waals surface area contributed by atoms with E-state index in [1.807, 2.05) is 31.3 Å². The molecule has 0 saturated carbocycles. The molecule has 0 aromatic heterocycles. The molecule has 1 atom stereocenters. The molecular weight excluding hydrogens is 369 g/mol. The molecule has 0 aliphatic carbocycles. The van der Waals surface area contributed by atoms with Crippen LogP contribution in [0.2, 0.25) is 0 Å². The SMILES string of the molecule is CNCC1CN(CC(=O)Nc2ccccc2I)CCO1. The van der Waals surface area contributed by atoms with Crippen LogP contribution in [0.1, 0.15) is 0 Å². The standard InChI is InChI=1S/C14H20IN3O2/c1-16-8-11-9-18(6-7-20-11)10-14(19)17-13-5-3-2-4-12(13)15/h2-5,11,16H,6-10H2,1H3,(H,17,19). The van der Waals surface area contributed by atoms with E-state index in [4.69, 9.17) is 4.74 Å². The van der Waals surface area contributed by atoms with E-state index in [2.05, 4.69) is 38.1 Å². The maximum Gasteiger partial charge on any atom is 0.238 e. The second-order valence-corrected chi connectivity index (χ2v) is 5.98. The number of amides is 1. The highest BCUT2D eigenvalue weighted by molar-refractivity contribution is 14.1. The van der Waals surface area contributed by atoms with Gasteiger partial charge in [-0.1, -0.05) is 12.1 Å². The van der Waals surface area contributed by atoms with E-state index in [1.54, 1.807) is 0 Å². The summed E-state index contributed by atoms with van der Waals surface area (Å²) >= 11 is 2.22. The number of para-hydroxylation sites is 1. The van der Waals surface area contributed by atoms with Gasteiger partial charge in [0.1, 0.15) is 0 Å². The molecule has 0 bridgehead atoms. The minimum Gasteiger partial charge on any atom is -0.374 e. The van der Waals surface area contributed by atoms with E-state index in [0.717, 1.165) is 28.9 Å². The Morgan fingerprint density at radius 3 is 3.05 bits per heavy atom. The van der Waals surface area contributed by atoms with Gasteiger partial charge in [0.05, 0.1) is 24.9 Å². The average molecular weight is 389 g/mol. The summed E-state index contributed by atoms with van der Waals surface area (Å²) in [5.41, 5.74) is 0.873. The number of anilines is 1. The second-order valence-electron chi connectivity index (χ2n) is 4.81. The number of nitrogens with one attached hydrogen (secondary N) is 2. The first-order valence-electron chi connectivity index (χ1n) is 6.72. The molecule has 6 heteroatoms. The van der Waals surface area contributed by atoms with Crippen molar-refractivity contribution in [3.05, 3.63) is 27.8 Å². The lowest BCUT2D eigenvalue weighted by Crippen LogP contribution is -2.48. The van der Waals surface area contributed by atoms with E-state index in [0.29, 0.717) is 13.2 Å². The van der Waals surface area contributed by atoms with Gasteiger partial charge in [-0.15, -0.1) is 0 Å². The van der Waals surface area contributed by atoms with Gasteiger partial charge in [0.15, 0.2) is 0 Å². The van der Waals surface area contributed by atoms with Crippen LogP contribution in [0, 0.1) is 3.57 Å². The van der Waals surface area contributed by atoms with E-state index >= 15 is 0 Å². The molecule has 110 valence electrons. The number of halogens is 1. The molecule has 20 heavy (non-hydrogen) atoms. The second kappa shape index (κ2) is 7.92. The van der Waals surface area contributed by atoms with Gasteiger partial charge in [0, 0.05) is 23.2 Å². The quantitative estimate of drug-likeness (QED) is 0.743. The Bertz CT molecular complexity index is 454. The van der Waals surface area contributed by atoms with Gasteiger partial charge in [0.25, 0.3) is 0 Å². The van der Waals surface area contributed by atoms with Crippen LogP contribution in [0.3, 0.4) is 0 Å². The number of nitrogens with zero attached hydrogens (tertiary/aromatic N) is 1. The predicted molar refractivity (Wildman–Crippen MR) is 87.9 cm³/mol. The molecule has 2 N–H and O–H groups in total. The fourth-order valence-corrected chi connectivity index (χ4v) is 2.75. The lowest BCUT2D eigenvalue weighted by Gasteiger charge is -2.32. The van der Waals surface area contributed by atoms with Gasteiger partial charge in [0.2, 0.25) is 5.91 Å². The average Bonchev–Trinajstić information content (AvgIpc) is 2.42. The van der Waals surface area contributed by atoms with Crippen LogP contribution in [0.25, 0.3) is 0 Å². The summed E-state index contributed by atoms with van der Waals surface area (Å²) in [7, 11) is 1.91. The van der Waals surface area contributed by atoms with E-state index in [9.17, 15) is 4.79 Å². The molecule has 5 nitrogen and oxygen atoms in total. The number of rotatable bonds is 5. The minimum absolute atomic E-state index is 0.0271. The van der Waals surface area contributed by atoms with Crippen molar-refractivity contribution in [3.63, 3.8) is 0 Å². The van der Waals surface area contributed by atoms with Crippen molar-refractivity contribution < 1.29 is 9.53 Å². The summed E-state index contributed by atoms with van der Waals surface area (Å²) < 4.78 is 6.68. The van der Waals surface area contributed by atoms with Gasteiger partial charge in [-0.25, -0.2) is 0 Å². The Morgan fingerprint density at radius 2 is 2.30 bits per heavy atom. The van der Waals surface area contributed by atoms with Crippen LogP contribution in [-0.2, 0) is 9.53 Å². The van der Waals surface area contributed by atoms with Gasteiger partial charge in [-0.05, 0) is 41.8 Å². The van der Waals surface area contributed by atoms with Crippen LogP contribution < -0.4 is 10.6 Å². The summed E-state index contributed by atoms with van der Waals surface area (Å²) in [6, 6.07) is 7.79. The minimum atomic E-state index is 0.0271. The molecule has 1 aliphatic rings. The Hall–Kier alpha value is -0.700. The van der Waals surface area contributed by atoms with Gasteiger partial charge < -0.3 is 15.4 Å². The first-order valence-corrected chi connectivity index (χ1v) is 7.80. The third-order valence-electron chi connectivity index (χ3n) is 3.17. The zero-order valence-electron chi connectivity index (χ0n) is 11.6. The fourth-order valence-electron chi connectivity index (χ4n) is 2.23. The van der Waals surface area contributed by atoms with Crippen LogP contribution in [0.4, 0.5) is 5.69 Å². The number of carbonyl (C=O) groups is 1. The van der Waals surface area contributed by atoms with E-state index < -0.39 is 0 Å². The Morgan fingerprint density at radius 1 is 1.50 bits per heavy atom. The highest BCUT2D eigenvalue weighted by Crippen LogP contribution is 2.16. The molecule has 0 spiro atoms. The summed E-state index contributed by atoms with van der Waals surface area (Å²) in [5.74, 6) is 0.0271. The molecule has 1 aromatic carbocycles. The van der Waals surface area contributed by atoms with Crippen LogP contribution >= 0.6 is 22.6 Å². The zero-order valence-corrected chi connectivity index (χ0v) is 13.7. The van der Waals surface area contributed by atoms with Gasteiger partial charge in [-0.3, -0.25) is 9.69 Å². The predicted octanol–water partition coefficient (Wildman–Crippen LogP) is 1.15. The molecule has 1 fully saturated rings. The number of hydrogen-bond acceptors (Lipinski definition) is 4. The number of hydrogen-bond donors (Lipinski definition) is 2. The largest absolute Gasteiger partial charge is 0.374 e. The zero-order chi connectivity index (χ0) is 14.4. The van der Waals surface area contributed by atoms with Crippen molar-refractivity contribution in [2.45, 2.75) is 6.10 Å². The summed E-state index contributed by atoms with van der Waals surface area (Å²) in [6.45, 7) is 3.51. The number of benzene rings is 1. The lowest BCUT2D eigenvalue weighted by molar-refractivity contribution is -0.119.